The maximum atomic E-state index is 14.0. The van der Waals surface area contributed by atoms with Crippen LogP contribution in [0.3, 0.4) is 0 Å². The van der Waals surface area contributed by atoms with E-state index in [0.717, 1.165) is 17.6 Å². The van der Waals surface area contributed by atoms with Crippen LogP contribution in [0, 0.1) is 0 Å². The fourth-order valence-corrected chi connectivity index (χ4v) is 5.78. The summed E-state index contributed by atoms with van der Waals surface area (Å²) >= 11 is 12.2. The molecule has 12 heteroatoms. The van der Waals surface area contributed by atoms with E-state index >= 15 is 0 Å². The van der Waals surface area contributed by atoms with Crippen molar-refractivity contribution in [1.29, 1.82) is 0 Å². The van der Waals surface area contributed by atoms with Gasteiger partial charge >= 0.3 is 0 Å². The molecule has 1 atom stereocenters. The van der Waals surface area contributed by atoms with Gasteiger partial charge in [-0.25, -0.2) is 18.0 Å². The van der Waals surface area contributed by atoms with Gasteiger partial charge in [0.1, 0.15) is 5.75 Å². The van der Waals surface area contributed by atoms with Gasteiger partial charge in [-0.15, -0.1) is 0 Å². The molecule has 0 radical (unpaired) electrons. The zero-order chi connectivity index (χ0) is 30.2. The normalized spacial score (nSPS) is 14.8. The lowest BCUT2D eigenvalue weighted by Gasteiger charge is -2.34. The molecule has 2 heterocycles. The Balaban J connectivity index is 1.55. The number of benzene rings is 3. The Labute approximate surface area is 253 Å². The van der Waals surface area contributed by atoms with Crippen LogP contribution < -0.4 is 15.6 Å². The summed E-state index contributed by atoms with van der Waals surface area (Å²) in [4.78, 5) is 34.1. The molecule has 1 aromatic heterocycles. The lowest BCUT2D eigenvalue weighted by atomic mass is 9.98. The predicted molar refractivity (Wildman–Crippen MR) is 163 cm³/mol. The number of methoxy groups -OCH3 is 1. The van der Waals surface area contributed by atoms with Gasteiger partial charge in [0.05, 0.1) is 40.0 Å². The van der Waals surface area contributed by atoms with E-state index < -0.39 is 9.84 Å². The molecule has 1 aliphatic rings. The molecular formula is C30H28Cl2N4O5S. The quantitative estimate of drug-likeness (QED) is 0.302. The summed E-state index contributed by atoms with van der Waals surface area (Å²) in [6.07, 6.45) is 1.41. The van der Waals surface area contributed by atoms with Crippen LogP contribution in [0.1, 0.15) is 34.1 Å². The summed E-state index contributed by atoms with van der Waals surface area (Å²) in [5, 5.41) is 3.89. The molecule has 0 spiro atoms. The third-order valence-electron chi connectivity index (χ3n) is 7.17. The maximum Gasteiger partial charge on any atom is 0.263 e. The minimum atomic E-state index is -3.42. The monoisotopic (exact) mass is 626 g/mol. The van der Waals surface area contributed by atoms with Crippen molar-refractivity contribution in [2.45, 2.75) is 37.4 Å². The predicted octanol–water partition coefficient (Wildman–Crippen LogP) is 5.15. The molecule has 0 bridgehead atoms. The Morgan fingerprint density at radius 3 is 2.36 bits per heavy atom. The highest BCUT2D eigenvalue weighted by atomic mass is 35.5. The van der Waals surface area contributed by atoms with E-state index in [1.165, 1.54) is 22.8 Å². The van der Waals surface area contributed by atoms with Crippen LogP contribution in [0.15, 0.2) is 76.4 Å². The third kappa shape index (κ3) is 6.01. The summed E-state index contributed by atoms with van der Waals surface area (Å²) in [5.74, 6) is 0.731. The molecule has 42 heavy (non-hydrogen) atoms. The van der Waals surface area contributed by atoms with Crippen LogP contribution in [0.25, 0.3) is 5.69 Å². The Kier molecular flexibility index (Phi) is 8.32. The van der Waals surface area contributed by atoms with Gasteiger partial charge in [0, 0.05) is 30.0 Å². The van der Waals surface area contributed by atoms with E-state index in [1.54, 1.807) is 36.3 Å². The zero-order valence-electron chi connectivity index (χ0n) is 23.1. The number of carbonyl (C=O) groups is 1. The standard InChI is InChI=1S/C30H28Cl2N4O5S/c1-18-14-24-27(17-35(18)28(37)20-6-13-25(31)26(32)15-20)34-30(33-16-19-4-9-22(41-2)10-5-19)36(29(24)38)21-7-11-23(12-8-21)42(3,39)40/h4-13,15,18H,14,16-17H2,1-3H3,(H,33,34)/t18-/m1/s1. The van der Waals surface area contributed by atoms with Gasteiger partial charge in [0.2, 0.25) is 5.95 Å². The molecular weight excluding hydrogens is 599 g/mol. The van der Waals surface area contributed by atoms with Crippen molar-refractivity contribution in [3.8, 4) is 11.4 Å². The number of halogens is 2. The van der Waals surface area contributed by atoms with E-state index in [0.29, 0.717) is 34.1 Å². The second kappa shape index (κ2) is 11.8. The molecule has 1 N–H and O–H groups in total. The first-order valence-electron chi connectivity index (χ1n) is 13.0. The van der Waals surface area contributed by atoms with Crippen molar-refractivity contribution < 1.29 is 17.9 Å². The Bertz CT molecular complexity index is 1820. The topological polar surface area (TPSA) is 111 Å². The van der Waals surface area contributed by atoms with Gasteiger partial charge in [-0.3, -0.25) is 9.59 Å². The second-order valence-electron chi connectivity index (χ2n) is 10.1. The van der Waals surface area contributed by atoms with Crippen LogP contribution in [0.2, 0.25) is 10.0 Å². The first-order chi connectivity index (χ1) is 20.0. The molecule has 0 saturated heterocycles. The first kappa shape index (κ1) is 29.6. The Morgan fingerprint density at radius 1 is 1.05 bits per heavy atom. The number of sulfone groups is 1. The Morgan fingerprint density at radius 2 is 1.74 bits per heavy atom. The maximum absolute atomic E-state index is 14.0. The van der Waals surface area contributed by atoms with E-state index in [-0.39, 0.29) is 46.3 Å². The van der Waals surface area contributed by atoms with Crippen LogP contribution in [0.4, 0.5) is 5.95 Å². The minimum absolute atomic E-state index is 0.121. The number of hydrogen-bond acceptors (Lipinski definition) is 7. The number of carbonyl (C=O) groups excluding carboxylic acids is 1. The van der Waals surface area contributed by atoms with Crippen molar-refractivity contribution in [3.63, 3.8) is 0 Å². The van der Waals surface area contributed by atoms with Gasteiger partial charge in [-0.05, 0) is 73.5 Å². The molecule has 0 aliphatic carbocycles. The zero-order valence-corrected chi connectivity index (χ0v) is 25.4. The molecule has 3 aromatic carbocycles. The van der Waals surface area contributed by atoms with Gasteiger partial charge in [0.25, 0.3) is 11.5 Å². The van der Waals surface area contributed by atoms with Gasteiger partial charge in [-0.1, -0.05) is 35.3 Å². The van der Waals surface area contributed by atoms with Crippen molar-refractivity contribution >= 4 is 44.9 Å². The van der Waals surface area contributed by atoms with Crippen LogP contribution in [-0.2, 0) is 29.3 Å². The Hall–Kier alpha value is -3.86. The number of nitrogens with zero attached hydrogens (tertiary/aromatic N) is 3. The molecule has 4 aromatic rings. The van der Waals surface area contributed by atoms with Crippen molar-refractivity contribution in [1.82, 2.24) is 14.5 Å². The lowest BCUT2D eigenvalue weighted by Crippen LogP contribution is -2.46. The highest BCUT2D eigenvalue weighted by Gasteiger charge is 2.32. The van der Waals surface area contributed by atoms with Crippen LogP contribution >= 0.6 is 23.2 Å². The largest absolute Gasteiger partial charge is 0.497 e. The average molecular weight is 628 g/mol. The SMILES string of the molecule is COc1ccc(CNc2nc3c(c(=O)n2-c2ccc(S(C)(=O)=O)cc2)C[C@@H](C)N(C(=O)c2ccc(Cl)c(Cl)c2)C3)cc1. The summed E-state index contributed by atoms with van der Waals surface area (Å²) < 4.78 is 30.7. The number of rotatable bonds is 7. The number of nitrogens with one attached hydrogen (secondary N) is 1. The molecule has 9 nitrogen and oxygen atoms in total. The number of hydrogen-bond donors (Lipinski definition) is 1. The number of amides is 1. The van der Waals surface area contributed by atoms with E-state index in [2.05, 4.69) is 5.32 Å². The number of ether oxygens (including phenoxy) is 1. The smallest absolute Gasteiger partial charge is 0.263 e. The van der Waals surface area contributed by atoms with Gasteiger partial charge in [0.15, 0.2) is 9.84 Å². The summed E-state index contributed by atoms with van der Waals surface area (Å²) in [7, 11) is -1.83. The lowest BCUT2D eigenvalue weighted by molar-refractivity contribution is 0.0653. The van der Waals surface area contributed by atoms with Gasteiger partial charge in [-0.2, -0.15) is 0 Å². The highest BCUT2D eigenvalue weighted by molar-refractivity contribution is 7.90. The number of anilines is 1. The highest BCUT2D eigenvalue weighted by Crippen LogP contribution is 2.28. The number of fused-ring (bicyclic) bond motifs is 1. The summed E-state index contributed by atoms with van der Waals surface area (Å²) in [6.45, 7) is 2.34. The van der Waals surface area contributed by atoms with Crippen molar-refractivity contribution in [3.05, 3.63) is 110 Å². The molecule has 0 saturated carbocycles. The van der Waals surface area contributed by atoms with E-state index in [1.807, 2.05) is 31.2 Å². The first-order valence-corrected chi connectivity index (χ1v) is 15.7. The minimum Gasteiger partial charge on any atom is -0.497 e. The fourth-order valence-electron chi connectivity index (χ4n) is 4.85. The second-order valence-corrected chi connectivity index (χ2v) is 12.9. The molecule has 1 aliphatic heterocycles. The van der Waals surface area contributed by atoms with Crippen LogP contribution in [0.5, 0.6) is 5.75 Å². The van der Waals surface area contributed by atoms with Crippen LogP contribution in [-0.4, -0.2) is 48.2 Å². The third-order valence-corrected chi connectivity index (χ3v) is 9.04. The summed E-state index contributed by atoms with van der Waals surface area (Å²) in [5.41, 5.74) is 2.44. The van der Waals surface area contributed by atoms with Crippen molar-refractivity contribution in [2.75, 3.05) is 18.7 Å². The average Bonchev–Trinajstić information content (AvgIpc) is 2.97. The van der Waals surface area contributed by atoms with E-state index in [4.69, 9.17) is 32.9 Å². The van der Waals surface area contributed by atoms with Gasteiger partial charge < -0.3 is 15.0 Å². The fraction of sp³-hybridized carbons (Fsp3) is 0.233. The molecule has 5 rings (SSSR count). The number of aromatic nitrogens is 2. The molecule has 218 valence electrons. The molecule has 0 unspecified atom stereocenters. The summed E-state index contributed by atoms with van der Waals surface area (Å²) in [6, 6.07) is 18.0. The molecule has 0 fully saturated rings. The van der Waals surface area contributed by atoms with Crippen molar-refractivity contribution in [2.24, 2.45) is 0 Å². The van der Waals surface area contributed by atoms with E-state index in [9.17, 15) is 18.0 Å². The molecule has 1 amide bonds.